The highest BCUT2D eigenvalue weighted by Crippen LogP contribution is 2.31. The molecule has 37 heavy (non-hydrogen) atoms. The standard InChI is InChI=1S/C27H37Cl2N3O4S/c1-5-20(3)30-27(34)24(6-2)31(18-16-21-11-8-7-9-12-21)26(33)13-10-17-32(37(4,35)36)25-19-22(28)14-15-23(25)29/h7-9,11-12,14-15,19-20,24H,5-6,10,13,16-18H2,1-4H3,(H,30,34)/t20-,24+/m0/s1. The Hall–Kier alpha value is -2.29. The number of halogens is 2. The molecule has 0 aliphatic heterocycles. The first-order chi connectivity index (χ1) is 17.5. The molecule has 0 bridgehead atoms. The summed E-state index contributed by atoms with van der Waals surface area (Å²) in [5, 5.41) is 3.60. The Kier molecular flexibility index (Phi) is 12.2. The monoisotopic (exact) mass is 569 g/mol. The number of amides is 2. The van der Waals surface area contributed by atoms with E-state index >= 15 is 0 Å². The minimum atomic E-state index is -3.67. The Morgan fingerprint density at radius 3 is 2.27 bits per heavy atom. The number of nitrogens with zero attached hydrogens (tertiary/aromatic N) is 2. The van der Waals surface area contributed by atoms with Crippen molar-refractivity contribution in [2.75, 3.05) is 23.7 Å². The van der Waals surface area contributed by atoms with E-state index in [1.54, 1.807) is 11.0 Å². The van der Waals surface area contributed by atoms with Crippen molar-refractivity contribution >= 4 is 50.7 Å². The minimum absolute atomic E-state index is 0.00149. The molecule has 0 saturated carbocycles. The maximum atomic E-state index is 13.4. The van der Waals surface area contributed by atoms with E-state index in [9.17, 15) is 18.0 Å². The summed E-state index contributed by atoms with van der Waals surface area (Å²) in [5.74, 6) is -0.380. The van der Waals surface area contributed by atoms with E-state index in [-0.39, 0.29) is 48.0 Å². The number of hydrogen-bond acceptors (Lipinski definition) is 4. The molecule has 0 radical (unpaired) electrons. The molecule has 10 heteroatoms. The molecule has 7 nitrogen and oxygen atoms in total. The molecular weight excluding hydrogens is 533 g/mol. The van der Waals surface area contributed by atoms with Gasteiger partial charge in [-0.25, -0.2) is 8.42 Å². The summed E-state index contributed by atoms with van der Waals surface area (Å²) in [6.07, 6.45) is 3.27. The summed E-state index contributed by atoms with van der Waals surface area (Å²) in [4.78, 5) is 28.1. The molecule has 0 fully saturated rings. The zero-order valence-electron chi connectivity index (χ0n) is 21.9. The van der Waals surface area contributed by atoms with Gasteiger partial charge >= 0.3 is 0 Å². The average Bonchev–Trinajstić information content (AvgIpc) is 2.85. The van der Waals surface area contributed by atoms with E-state index in [1.165, 1.54) is 12.1 Å². The molecular formula is C27H37Cl2N3O4S. The van der Waals surface area contributed by atoms with Crippen molar-refractivity contribution in [3.8, 4) is 0 Å². The lowest BCUT2D eigenvalue weighted by atomic mass is 10.1. The van der Waals surface area contributed by atoms with Crippen molar-refractivity contribution in [2.45, 2.75) is 65.0 Å². The normalized spacial score (nSPS) is 13.0. The van der Waals surface area contributed by atoms with Crippen LogP contribution in [0.1, 0.15) is 52.0 Å². The van der Waals surface area contributed by atoms with Gasteiger partial charge < -0.3 is 10.2 Å². The molecule has 0 aliphatic carbocycles. The first-order valence-electron chi connectivity index (χ1n) is 12.5. The summed E-state index contributed by atoms with van der Waals surface area (Å²) in [5.41, 5.74) is 1.33. The van der Waals surface area contributed by atoms with Crippen molar-refractivity contribution in [3.05, 3.63) is 64.1 Å². The third-order valence-corrected chi connectivity index (χ3v) is 7.93. The first kappa shape index (κ1) is 30.9. The van der Waals surface area contributed by atoms with Gasteiger partial charge in [0.05, 0.1) is 17.0 Å². The van der Waals surface area contributed by atoms with Gasteiger partial charge in [-0.3, -0.25) is 13.9 Å². The molecule has 1 N–H and O–H groups in total. The van der Waals surface area contributed by atoms with E-state index in [0.29, 0.717) is 24.4 Å². The predicted molar refractivity (Wildman–Crippen MR) is 152 cm³/mol. The lowest BCUT2D eigenvalue weighted by Gasteiger charge is -2.32. The smallest absolute Gasteiger partial charge is 0.243 e. The third-order valence-electron chi connectivity index (χ3n) is 6.20. The molecule has 204 valence electrons. The van der Waals surface area contributed by atoms with Gasteiger partial charge in [-0.2, -0.15) is 0 Å². The van der Waals surface area contributed by atoms with Crippen LogP contribution in [0.25, 0.3) is 0 Å². The van der Waals surface area contributed by atoms with Gasteiger partial charge in [-0.05, 0) is 56.4 Å². The van der Waals surface area contributed by atoms with Gasteiger partial charge in [0.2, 0.25) is 21.8 Å². The summed E-state index contributed by atoms with van der Waals surface area (Å²) >= 11 is 12.3. The Morgan fingerprint density at radius 1 is 1.00 bits per heavy atom. The highest BCUT2D eigenvalue weighted by Gasteiger charge is 2.29. The molecule has 0 saturated heterocycles. The Morgan fingerprint density at radius 2 is 1.68 bits per heavy atom. The number of rotatable bonds is 14. The molecule has 2 aromatic carbocycles. The van der Waals surface area contributed by atoms with Gasteiger partial charge in [-0.15, -0.1) is 0 Å². The maximum Gasteiger partial charge on any atom is 0.243 e. The number of carbonyl (C=O) groups is 2. The van der Waals surface area contributed by atoms with E-state index in [1.807, 2.05) is 51.1 Å². The zero-order valence-corrected chi connectivity index (χ0v) is 24.2. The van der Waals surface area contributed by atoms with E-state index in [0.717, 1.165) is 22.5 Å². The fourth-order valence-corrected chi connectivity index (χ4v) is 5.40. The SMILES string of the molecule is CC[C@H](C(=O)N[C@@H](C)CC)N(CCc1ccccc1)C(=O)CCCN(c1cc(Cl)ccc1Cl)S(C)(=O)=O. The van der Waals surface area contributed by atoms with Gasteiger partial charge in [0.15, 0.2) is 0 Å². The Balaban J connectivity index is 2.20. The highest BCUT2D eigenvalue weighted by atomic mass is 35.5. The average molecular weight is 571 g/mol. The number of nitrogens with one attached hydrogen (secondary N) is 1. The lowest BCUT2D eigenvalue weighted by molar-refractivity contribution is -0.141. The van der Waals surface area contributed by atoms with E-state index < -0.39 is 16.1 Å². The van der Waals surface area contributed by atoms with Crippen molar-refractivity contribution in [2.24, 2.45) is 0 Å². The number of sulfonamides is 1. The second-order valence-corrected chi connectivity index (χ2v) is 11.8. The van der Waals surface area contributed by atoms with Gasteiger partial charge in [0, 0.05) is 30.6 Å². The van der Waals surface area contributed by atoms with Crippen LogP contribution in [0, 0.1) is 0 Å². The molecule has 0 spiro atoms. The molecule has 2 rings (SSSR count). The summed E-state index contributed by atoms with van der Waals surface area (Å²) in [7, 11) is -3.67. The van der Waals surface area contributed by atoms with Crippen LogP contribution in [-0.2, 0) is 26.0 Å². The predicted octanol–water partition coefficient (Wildman–Crippen LogP) is 5.30. The molecule has 0 aromatic heterocycles. The number of carbonyl (C=O) groups excluding carboxylic acids is 2. The molecule has 0 heterocycles. The maximum absolute atomic E-state index is 13.4. The van der Waals surface area contributed by atoms with Crippen LogP contribution in [0.3, 0.4) is 0 Å². The molecule has 0 unspecified atom stereocenters. The Bertz CT molecular complexity index is 1150. The second-order valence-electron chi connectivity index (χ2n) is 9.10. The van der Waals surface area contributed by atoms with E-state index in [4.69, 9.17) is 23.2 Å². The van der Waals surface area contributed by atoms with Gasteiger partial charge in [-0.1, -0.05) is 67.4 Å². The molecule has 2 atom stereocenters. The van der Waals surface area contributed by atoms with Crippen LogP contribution in [0.4, 0.5) is 5.69 Å². The number of benzene rings is 2. The highest BCUT2D eigenvalue weighted by molar-refractivity contribution is 7.92. The zero-order chi connectivity index (χ0) is 27.6. The molecule has 2 amide bonds. The van der Waals surface area contributed by atoms with Crippen LogP contribution in [0.15, 0.2) is 48.5 Å². The Labute approximate surface area is 231 Å². The number of anilines is 1. The van der Waals surface area contributed by atoms with Crippen molar-refractivity contribution in [1.82, 2.24) is 10.2 Å². The lowest BCUT2D eigenvalue weighted by Crippen LogP contribution is -2.51. The van der Waals surface area contributed by atoms with Gasteiger partial charge in [0.25, 0.3) is 0 Å². The van der Waals surface area contributed by atoms with Crippen LogP contribution in [0.2, 0.25) is 10.0 Å². The largest absolute Gasteiger partial charge is 0.352 e. The second kappa shape index (κ2) is 14.6. The fraction of sp³-hybridized carbons (Fsp3) is 0.481. The topological polar surface area (TPSA) is 86.8 Å². The third kappa shape index (κ3) is 9.51. The quantitative estimate of drug-likeness (QED) is 0.334. The summed E-state index contributed by atoms with van der Waals surface area (Å²) in [6.45, 7) is 6.24. The first-order valence-corrected chi connectivity index (χ1v) is 15.1. The summed E-state index contributed by atoms with van der Waals surface area (Å²) in [6, 6.07) is 13.8. The van der Waals surface area contributed by atoms with Crippen molar-refractivity contribution < 1.29 is 18.0 Å². The molecule has 0 aliphatic rings. The van der Waals surface area contributed by atoms with Crippen LogP contribution in [-0.4, -0.2) is 56.6 Å². The summed E-state index contributed by atoms with van der Waals surface area (Å²) < 4.78 is 26.2. The fourth-order valence-electron chi connectivity index (χ4n) is 4.00. The van der Waals surface area contributed by atoms with Crippen molar-refractivity contribution in [1.29, 1.82) is 0 Å². The number of hydrogen-bond donors (Lipinski definition) is 1. The van der Waals surface area contributed by atoms with Crippen LogP contribution < -0.4 is 9.62 Å². The van der Waals surface area contributed by atoms with E-state index in [2.05, 4.69) is 5.32 Å². The minimum Gasteiger partial charge on any atom is -0.352 e. The molecule has 2 aromatic rings. The van der Waals surface area contributed by atoms with Gasteiger partial charge in [0.1, 0.15) is 6.04 Å². The van der Waals surface area contributed by atoms with Crippen molar-refractivity contribution in [3.63, 3.8) is 0 Å². The van der Waals surface area contributed by atoms with Crippen LogP contribution >= 0.6 is 23.2 Å². The van der Waals surface area contributed by atoms with Crippen LogP contribution in [0.5, 0.6) is 0 Å².